The van der Waals surface area contributed by atoms with Crippen molar-refractivity contribution in [2.24, 2.45) is 0 Å². The number of Topliss-reactive ketones (excluding diaryl/α,β-unsaturated/α-hetero) is 1. The van der Waals surface area contributed by atoms with Gasteiger partial charge in [-0.05, 0) is 56.7 Å². The molecule has 2 aromatic rings. The highest BCUT2D eigenvalue weighted by Crippen LogP contribution is 2.21. The van der Waals surface area contributed by atoms with Crippen molar-refractivity contribution < 1.29 is 14.8 Å². The normalized spacial score (nSPS) is 12.3. The van der Waals surface area contributed by atoms with Crippen LogP contribution in [0.2, 0.25) is 0 Å². The molecule has 0 saturated heterocycles. The molecule has 1 unspecified atom stereocenters. The Labute approximate surface area is 153 Å². The van der Waals surface area contributed by atoms with Gasteiger partial charge in [-0.25, -0.2) is 5.48 Å². The number of ketones is 1. The van der Waals surface area contributed by atoms with Crippen LogP contribution in [0, 0.1) is 11.8 Å². The number of anilines is 1. The summed E-state index contributed by atoms with van der Waals surface area (Å²) in [4.78, 5) is 23.5. The van der Waals surface area contributed by atoms with E-state index in [1.54, 1.807) is 36.7 Å². The van der Waals surface area contributed by atoms with E-state index in [2.05, 4.69) is 17.2 Å². The number of hydroxylamine groups is 1. The van der Waals surface area contributed by atoms with Gasteiger partial charge in [0, 0.05) is 23.2 Å². The third-order valence-electron chi connectivity index (χ3n) is 4.20. The van der Waals surface area contributed by atoms with E-state index in [-0.39, 0.29) is 5.78 Å². The third kappa shape index (κ3) is 5.20. The van der Waals surface area contributed by atoms with Crippen molar-refractivity contribution in [3.63, 3.8) is 0 Å². The lowest BCUT2D eigenvalue weighted by atomic mass is 9.91. The quantitative estimate of drug-likeness (QED) is 0.424. The number of nitrogens with one attached hydrogen (secondary N) is 2. The highest BCUT2D eigenvalue weighted by Gasteiger charge is 2.28. The zero-order chi connectivity index (χ0) is 19.0. The zero-order valence-corrected chi connectivity index (χ0v) is 14.9. The molecule has 26 heavy (non-hydrogen) atoms. The van der Waals surface area contributed by atoms with E-state index in [9.17, 15) is 9.59 Å². The summed E-state index contributed by atoms with van der Waals surface area (Å²) in [6, 6.07) is 16.2. The summed E-state index contributed by atoms with van der Waals surface area (Å²) < 4.78 is 0. The first-order valence-corrected chi connectivity index (χ1v) is 8.32. The van der Waals surface area contributed by atoms with Crippen LogP contribution in [0.15, 0.2) is 54.6 Å². The first-order valence-electron chi connectivity index (χ1n) is 8.32. The SMILES string of the molecule is CC(=O)C(C)(CCC#Cc1ccccc1)Nc1ccc(C(=O)NO)cc1. The Morgan fingerprint density at radius 3 is 2.31 bits per heavy atom. The van der Waals surface area contributed by atoms with E-state index in [4.69, 9.17) is 5.21 Å². The molecule has 1 amide bonds. The summed E-state index contributed by atoms with van der Waals surface area (Å²) in [5.74, 6) is 5.62. The minimum atomic E-state index is -0.758. The number of hydrogen-bond acceptors (Lipinski definition) is 4. The average Bonchev–Trinajstić information content (AvgIpc) is 2.66. The molecule has 0 heterocycles. The summed E-state index contributed by atoms with van der Waals surface area (Å²) in [5.41, 5.74) is 2.82. The Bertz CT molecular complexity index is 820. The monoisotopic (exact) mass is 350 g/mol. The van der Waals surface area contributed by atoms with E-state index < -0.39 is 11.4 Å². The van der Waals surface area contributed by atoms with Crippen molar-refractivity contribution >= 4 is 17.4 Å². The third-order valence-corrected chi connectivity index (χ3v) is 4.20. The lowest BCUT2D eigenvalue weighted by Gasteiger charge is -2.28. The molecule has 0 aliphatic carbocycles. The molecule has 5 nitrogen and oxygen atoms in total. The molecule has 134 valence electrons. The molecule has 0 bridgehead atoms. The molecule has 5 heteroatoms. The van der Waals surface area contributed by atoms with Gasteiger partial charge in [0.2, 0.25) is 0 Å². The second kappa shape index (κ2) is 8.84. The van der Waals surface area contributed by atoms with Crippen LogP contribution in [0.3, 0.4) is 0 Å². The Kier molecular flexibility index (Phi) is 6.54. The minimum absolute atomic E-state index is 0.0104. The molecule has 1 atom stereocenters. The number of rotatable bonds is 6. The molecular weight excluding hydrogens is 328 g/mol. The summed E-state index contributed by atoms with van der Waals surface area (Å²) in [5, 5.41) is 11.9. The van der Waals surface area contributed by atoms with Gasteiger partial charge in [-0.1, -0.05) is 30.0 Å². The summed E-state index contributed by atoms with van der Waals surface area (Å²) >= 11 is 0. The second-order valence-electron chi connectivity index (χ2n) is 6.20. The van der Waals surface area contributed by atoms with E-state index in [1.807, 2.05) is 37.3 Å². The molecule has 0 aliphatic rings. The maximum Gasteiger partial charge on any atom is 0.274 e. The molecule has 0 aromatic heterocycles. The summed E-state index contributed by atoms with van der Waals surface area (Å²) in [6.45, 7) is 3.39. The first-order chi connectivity index (χ1) is 12.4. The van der Waals surface area contributed by atoms with E-state index in [0.29, 0.717) is 24.1 Å². The van der Waals surface area contributed by atoms with Crippen molar-refractivity contribution in [3.05, 3.63) is 65.7 Å². The largest absolute Gasteiger partial charge is 0.373 e. The minimum Gasteiger partial charge on any atom is -0.373 e. The summed E-state index contributed by atoms with van der Waals surface area (Å²) in [6.07, 6.45) is 1.13. The van der Waals surface area contributed by atoms with Crippen molar-refractivity contribution in [2.75, 3.05) is 5.32 Å². The van der Waals surface area contributed by atoms with Crippen LogP contribution >= 0.6 is 0 Å². The standard InChI is InChI=1S/C21H22N2O3/c1-16(24)21(2,15-7-6-10-17-8-4-3-5-9-17)22-19-13-11-18(12-14-19)20(25)23-26/h3-5,8-9,11-14,22,26H,7,15H2,1-2H3,(H,23,25). The number of amides is 1. The zero-order valence-electron chi connectivity index (χ0n) is 14.9. The smallest absolute Gasteiger partial charge is 0.274 e. The van der Waals surface area contributed by atoms with E-state index in [1.165, 1.54) is 0 Å². The molecule has 0 saturated carbocycles. The van der Waals surface area contributed by atoms with Crippen LogP contribution in [0.4, 0.5) is 5.69 Å². The van der Waals surface area contributed by atoms with Gasteiger partial charge < -0.3 is 5.32 Å². The van der Waals surface area contributed by atoms with Gasteiger partial charge in [-0.2, -0.15) is 0 Å². The number of carbonyl (C=O) groups excluding carboxylic acids is 2. The fourth-order valence-corrected chi connectivity index (χ4v) is 2.41. The predicted octanol–water partition coefficient (Wildman–Crippen LogP) is 3.40. The van der Waals surface area contributed by atoms with E-state index in [0.717, 1.165) is 5.56 Å². The van der Waals surface area contributed by atoms with Gasteiger partial charge >= 0.3 is 0 Å². The van der Waals surface area contributed by atoms with Crippen LogP contribution in [0.25, 0.3) is 0 Å². The van der Waals surface area contributed by atoms with Crippen LogP contribution in [-0.2, 0) is 4.79 Å². The van der Waals surface area contributed by atoms with Gasteiger partial charge in [0.15, 0.2) is 5.78 Å². The predicted molar refractivity (Wildman–Crippen MR) is 101 cm³/mol. The van der Waals surface area contributed by atoms with Crippen molar-refractivity contribution in [1.82, 2.24) is 5.48 Å². The van der Waals surface area contributed by atoms with Gasteiger partial charge in [0.05, 0.1) is 5.54 Å². The molecule has 0 aliphatic heterocycles. The molecule has 0 spiro atoms. The number of hydrogen-bond donors (Lipinski definition) is 3. The number of benzene rings is 2. The average molecular weight is 350 g/mol. The van der Waals surface area contributed by atoms with E-state index >= 15 is 0 Å². The van der Waals surface area contributed by atoms with Crippen molar-refractivity contribution in [2.45, 2.75) is 32.2 Å². The molecule has 2 aromatic carbocycles. The van der Waals surface area contributed by atoms with Gasteiger partial charge in [-0.3, -0.25) is 14.8 Å². The second-order valence-corrected chi connectivity index (χ2v) is 6.20. The maximum atomic E-state index is 12.1. The molecule has 0 fully saturated rings. The lowest BCUT2D eigenvalue weighted by Crippen LogP contribution is -2.41. The Hall–Kier alpha value is -3.10. The Morgan fingerprint density at radius 2 is 1.73 bits per heavy atom. The number of carbonyl (C=O) groups is 2. The highest BCUT2D eigenvalue weighted by atomic mass is 16.5. The Balaban J connectivity index is 2.03. The van der Waals surface area contributed by atoms with Gasteiger partial charge in [-0.15, -0.1) is 0 Å². The van der Waals surface area contributed by atoms with Crippen LogP contribution < -0.4 is 10.8 Å². The molecule has 2 rings (SSSR count). The van der Waals surface area contributed by atoms with Crippen molar-refractivity contribution in [1.29, 1.82) is 0 Å². The van der Waals surface area contributed by atoms with Gasteiger partial charge in [0.1, 0.15) is 0 Å². The lowest BCUT2D eigenvalue weighted by molar-refractivity contribution is -0.120. The maximum absolute atomic E-state index is 12.1. The highest BCUT2D eigenvalue weighted by molar-refractivity contribution is 5.94. The van der Waals surface area contributed by atoms with Gasteiger partial charge in [0.25, 0.3) is 5.91 Å². The fourth-order valence-electron chi connectivity index (χ4n) is 2.41. The Morgan fingerprint density at radius 1 is 1.08 bits per heavy atom. The molecular formula is C21H22N2O3. The first kappa shape index (κ1) is 19.2. The molecule has 0 radical (unpaired) electrons. The van der Waals surface area contributed by atoms with Crippen LogP contribution in [0.5, 0.6) is 0 Å². The summed E-state index contributed by atoms with van der Waals surface area (Å²) in [7, 11) is 0. The van der Waals surface area contributed by atoms with Crippen LogP contribution in [0.1, 0.15) is 42.6 Å². The fraction of sp³-hybridized carbons (Fsp3) is 0.238. The van der Waals surface area contributed by atoms with Crippen molar-refractivity contribution in [3.8, 4) is 11.8 Å². The van der Waals surface area contributed by atoms with Crippen LogP contribution in [-0.4, -0.2) is 22.4 Å². The molecule has 3 N–H and O–H groups in total. The topological polar surface area (TPSA) is 78.4 Å².